The van der Waals surface area contributed by atoms with Crippen LogP contribution in [0.5, 0.6) is 6.01 Å². The van der Waals surface area contributed by atoms with Gasteiger partial charge in [-0.3, -0.25) is 0 Å². The molecular weight excluding hydrogens is 258 g/mol. The largest absolute Gasteiger partial charge is 0.463 e. The molecule has 20 heavy (non-hydrogen) atoms. The van der Waals surface area contributed by atoms with E-state index in [0.717, 1.165) is 13.0 Å². The Kier molecular flexibility index (Phi) is 7.00. The summed E-state index contributed by atoms with van der Waals surface area (Å²) in [4.78, 5) is 14.7. The van der Waals surface area contributed by atoms with Gasteiger partial charge in [0.25, 0.3) is 0 Å². The van der Waals surface area contributed by atoms with Gasteiger partial charge in [-0.25, -0.2) is 0 Å². The summed E-state index contributed by atoms with van der Waals surface area (Å²) in [6.45, 7) is 7.75. The highest BCUT2D eigenvalue weighted by atomic mass is 16.5. The van der Waals surface area contributed by atoms with Gasteiger partial charge in [-0.05, 0) is 26.7 Å². The molecule has 0 radical (unpaired) electrons. The molecule has 7 nitrogen and oxygen atoms in total. The predicted molar refractivity (Wildman–Crippen MR) is 79.3 cm³/mol. The minimum atomic E-state index is -0.344. The SMILES string of the molecule is CCCOc1nc(NCC)nc(N(C)CCC(C)O)n1. The van der Waals surface area contributed by atoms with Gasteiger partial charge >= 0.3 is 6.01 Å². The number of ether oxygens (including phenoxy) is 1. The summed E-state index contributed by atoms with van der Waals surface area (Å²) in [5.74, 6) is 1.05. The topological polar surface area (TPSA) is 83.4 Å². The second kappa shape index (κ2) is 8.52. The van der Waals surface area contributed by atoms with E-state index in [0.29, 0.717) is 37.5 Å². The molecule has 1 rings (SSSR count). The molecule has 1 unspecified atom stereocenters. The highest BCUT2D eigenvalue weighted by Gasteiger charge is 2.11. The third-order valence-electron chi connectivity index (χ3n) is 2.60. The number of aliphatic hydroxyl groups excluding tert-OH is 1. The van der Waals surface area contributed by atoms with Gasteiger partial charge in [0.05, 0.1) is 12.7 Å². The number of rotatable bonds is 9. The summed E-state index contributed by atoms with van der Waals surface area (Å²) >= 11 is 0. The molecule has 0 aliphatic heterocycles. The molecule has 1 heterocycles. The summed E-state index contributed by atoms with van der Waals surface area (Å²) in [5.41, 5.74) is 0. The molecule has 7 heteroatoms. The maximum atomic E-state index is 9.34. The quantitative estimate of drug-likeness (QED) is 0.706. The average molecular weight is 283 g/mol. The van der Waals surface area contributed by atoms with Crippen LogP contribution < -0.4 is 15.0 Å². The fraction of sp³-hybridized carbons (Fsp3) is 0.769. The molecule has 0 saturated carbocycles. The Morgan fingerprint density at radius 3 is 2.65 bits per heavy atom. The van der Waals surface area contributed by atoms with Crippen LogP contribution in [-0.2, 0) is 0 Å². The standard InChI is InChI=1S/C13H25N5O2/c1-5-9-20-13-16-11(14-6-2)15-12(17-13)18(4)8-7-10(3)19/h10,19H,5-9H2,1-4H3,(H,14,15,16,17). The van der Waals surface area contributed by atoms with Crippen molar-refractivity contribution in [3.8, 4) is 6.01 Å². The first-order chi connectivity index (χ1) is 9.56. The Hall–Kier alpha value is -1.63. The van der Waals surface area contributed by atoms with E-state index >= 15 is 0 Å². The van der Waals surface area contributed by atoms with Crippen LogP contribution in [0.3, 0.4) is 0 Å². The Balaban J connectivity index is 2.83. The van der Waals surface area contributed by atoms with Crippen LogP contribution in [0.4, 0.5) is 11.9 Å². The number of anilines is 2. The molecule has 1 aromatic rings. The smallest absolute Gasteiger partial charge is 0.323 e. The van der Waals surface area contributed by atoms with Gasteiger partial charge in [0.1, 0.15) is 0 Å². The average Bonchev–Trinajstić information content (AvgIpc) is 2.42. The van der Waals surface area contributed by atoms with Crippen LogP contribution >= 0.6 is 0 Å². The third kappa shape index (κ3) is 5.56. The van der Waals surface area contributed by atoms with E-state index in [9.17, 15) is 5.11 Å². The Morgan fingerprint density at radius 1 is 1.30 bits per heavy atom. The van der Waals surface area contributed by atoms with Crippen molar-refractivity contribution < 1.29 is 9.84 Å². The van der Waals surface area contributed by atoms with Crippen LogP contribution in [0.1, 0.15) is 33.6 Å². The third-order valence-corrected chi connectivity index (χ3v) is 2.60. The number of nitrogens with one attached hydrogen (secondary N) is 1. The highest BCUT2D eigenvalue weighted by molar-refractivity contribution is 5.37. The monoisotopic (exact) mass is 283 g/mol. The van der Waals surface area contributed by atoms with E-state index in [4.69, 9.17) is 4.74 Å². The highest BCUT2D eigenvalue weighted by Crippen LogP contribution is 2.14. The van der Waals surface area contributed by atoms with Gasteiger partial charge in [-0.1, -0.05) is 6.92 Å². The van der Waals surface area contributed by atoms with Crippen LogP contribution in [0, 0.1) is 0 Å². The van der Waals surface area contributed by atoms with Crippen molar-refractivity contribution in [1.82, 2.24) is 15.0 Å². The zero-order valence-electron chi connectivity index (χ0n) is 12.8. The van der Waals surface area contributed by atoms with Crippen molar-refractivity contribution in [2.45, 2.75) is 39.7 Å². The van der Waals surface area contributed by atoms with Crippen molar-refractivity contribution in [1.29, 1.82) is 0 Å². The predicted octanol–water partition coefficient (Wildman–Crippen LogP) is 1.30. The van der Waals surface area contributed by atoms with E-state index in [1.54, 1.807) is 6.92 Å². The normalized spacial score (nSPS) is 12.1. The number of nitrogens with zero attached hydrogens (tertiary/aromatic N) is 4. The van der Waals surface area contributed by atoms with Crippen LogP contribution in [0.15, 0.2) is 0 Å². The molecular formula is C13H25N5O2. The first-order valence-corrected chi connectivity index (χ1v) is 7.08. The molecule has 1 aromatic heterocycles. The van der Waals surface area contributed by atoms with Crippen molar-refractivity contribution in [2.24, 2.45) is 0 Å². The second-order valence-electron chi connectivity index (χ2n) is 4.68. The zero-order valence-corrected chi connectivity index (χ0v) is 12.8. The fourth-order valence-corrected chi connectivity index (χ4v) is 1.49. The second-order valence-corrected chi connectivity index (χ2v) is 4.68. The lowest BCUT2D eigenvalue weighted by atomic mass is 10.3. The molecule has 114 valence electrons. The summed E-state index contributed by atoms with van der Waals surface area (Å²) in [7, 11) is 1.89. The summed E-state index contributed by atoms with van der Waals surface area (Å²) < 4.78 is 5.48. The molecule has 0 amide bonds. The van der Waals surface area contributed by atoms with Gasteiger partial charge in [0, 0.05) is 20.1 Å². The molecule has 0 bridgehead atoms. The summed E-state index contributed by atoms with van der Waals surface area (Å²) in [5, 5.41) is 12.4. The molecule has 0 aliphatic rings. The maximum Gasteiger partial charge on any atom is 0.323 e. The fourth-order valence-electron chi connectivity index (χ4n) is 1.49. The first-order valence-electron chi connectivity index (χ1n) is 7.08. The molecule has 0 spiro atoms. The Bertz CT molecular complexity index is 400. The van der Waals surface area contributed by atoms with Crippen LogP contribution in [0.2, 0.25) is 0 Å². The first kappa shape index (κ1) is 16.4. The van der Waals surface area contributed by atoms with Gasteiger partial charge < -0.3 is 20.1 Å². The summed E-state index contributed by atoms with van der Waals surface area (Å²) in [6.07, 6.45) is 1.21. The maximum absolute atomic E-state index is 9.34. The van der Waals surface area contributed by atoms with E-state index in [-0.39, 0.29) is 6.10 Å². The van der Waals surface area contributed by atoms with E-state index in [2.05, 4.69) is 20.3 Å². The molecule has 1 atom stereocenters. The van der Waals surface area contributed by atoms with Crippen molar-refractivity contribution in [2.75, 3.05) is 37.0 Å². The van der Waals surface area contributed by atoms with Gasteiger partial charge in [-0.15, -0.1) is 0 Å². The minimum absolute atomic E-state index is 0.330. The van der Waals surface area contributed by atoms with Crippen molar-refractivity contribution in [3.05, 3.63) is 0 Å². The lowest BCUT2D eigenvalue weighted by Gasteiger charge is -2.18. The van der Waals surface area contributed by atoms with Gasteiger partial charge in [0.2, 0.25) is 11.9 Å². The molecule has 2 N–H and O–H groups in total. The Labute approximate surface area is 120 Å². The van der Waals surface area contributed by atoms with E-state index in [1.165, 1.54) is 0 Å². The lowest BCUT2D eigenvalue weighted by Crippen LogP contribution is -2.24. The molecule has 0 saturated heterocycles. The molecule has 0 aliphatic carbocycles. The van der Waals surface area contributed by atoms with Crippen molar-refractivity contribution >= 4 is 11.9 Å². The van der Waals surface area contributed by atoms with E-state index < -0.39 is 0 Å². The summed E-state index contributed by atoms with van der Waals surface area (Å²) in [6, 6.07) is 0.330. The van der Waals surface area contributed by atoms with E-state index in [1.807, 2.05) is 25.8 Å². The number of hydrogen-bond donors (Lipinski definition) is 2. The number of aliphatic hydroxyl groups is 1. The van der Waals surface area contributed by atoms with Crippen molar-refractivity contribution in [3.63, 3.8) is 0 Å². The number of aromatic nitrogens is 3. The van der Waals surface area contributed by atoms with Gasteiger partial charge in [-0.2, -0.15) is 15.0 Å². The van der Waals surface area contributed by atoms with Crippen LogP contribution in [-0.4, -0.2) is 52.9 Å². The molecule has 0 aromatic carbocycles. The number of hydrogen-bond acceptors (Lipinski definition) is 7. The minimum Gasteiger partial charge on any atom is -0.463 e. The Morgan fingerprint density at radius 2 is 2.05 bits per heavy atom. The zero-order chi connectivity index (χ0) is 15.0. The molecule has 0 fully saturated rings. The lowest BCUT2D eigenvalue weighted by molar-refractivity contribution is 0.186. The van der Waals surface area contributed by atoms with Gasteiger partial charge in [0.15, 0.2) is 0 Å². The van der Waals surface area contributed by atoms with Crippen LogP contribution in [0.25, 0.3) is 0 Å².